The van der Waals surface area contributed by atoms with Crippen LogP contribution < -0.4 is 5.73 Å². The molecule has 0 amide bonds. The first-order chi connectivity index (χ1) is 9.72. The quantitative estimate of drug-likeness (QED) is 0.279. The Morgan fingerprint density at radius 2 is 2.05 bits per heavy atom. The molecule has 0 spiro atoms. The zero-order chi connectivity index (χ0) is 14.4. The molecule has 8 heteroatoms. The number of benzene rings is 1. The SMILES string of the molecule is CSc1nnc(SC(C/C(N)=N/O)c2ccccc2)s1. The van der Waals surface area contributed by atoms with E-state index in [1.54, 1.807) is 34.9 Å². The number of nitrogens with two attached hydrogens (primary N) is 1. The van der Waals surface area contributed by atoms with Gasteiger partial charge in [0.2, 0.25) is 0 Å². The maximum Gasteiger partial charge on any atom is 0.175 e. The Kier molecular flexibility index (Phi) is 5.69. The number of hydrogen-bond acceptors (Lipinski definition) is 7. The van der Waals surface area contributed by atoms with Gasteiger partial charge >= 0.3 is 0 Å². The normalized spacial score (nSPS) is 13.3. The molecule has 0 radical (unpaired) electrons. The highest BCUT2D eigenvalue weighted by Crippen LogP contribution is 2.40. The molecule has 5 nitrogen and oxygen atoms in total. The summed E-state index contributed by atoms with van der Waals surface area (Å²) in [6.45, 7) is 0. The van der Waals surface area contributed by atoms with Gasteiger partial charge in [-0.2, -0.15) is 0 Å². The van der Waals surface area contributed by atoms with Crippen molar-refractivity contribution in [1.82, 2.24) is 10.2 Å². The van der Waals surface area contributed by atoms with Crippen LogP contribution in [0.15, 0.2) is 44.2 Å². The van der Waals surface area contributed by atoms with Crippen LogP contribution in [0, 0.1) is 0 Å². The number of amidine groups is 1. The minimum Gasteiger partial charge on any atom is -0.409 e. The van der Waals surface area contributed by atoms with Crippen molar-refractivity contribution in [3.8, 4) is 0 Å². The van der Waals surface area contributed by atoms with Crippen molar-refractivity contribution < 1.29 is 5.21 Å². The summed E-state index contributed by atoms with van der Waals surface area (Å²) in [5.74, 6) is 0.209. The van der Waals surface area contributed by atoms with E-state index in [1.165, 1.54) is 0 Å². The summed E-state index contributed by atoms with van der Waals surface area (Å²) in [6, 6.07) is 9.97. The zero-order valence-electron chi connectivity index (χ0n) is 10.8. The van der Waals surface area contributed by atoms with Crippen LogP contribution in [0.5, 0.6) is 0 Å². The number of nitrogens with zero attached hydrogens (tertiary/aromatic N) is 3. The van der Waals surface area contributed by atoms with Gasteiger partial charge in [0.05, 0.1) is 0 Å². The first kappa shape index (κ1) is 15.1. The van der Waals surface area contributed by atoms with Gasteiger partial charge < -0.3 is 10.9 Å². The largest absolute Gasteiger partial charge is 0.409 e. The molecule has 106 valence electrons. The van der Waals surface area contributed by atoms with Crippen LogP contribution in [-0.4, -0.2) is 27.5 Å². The van der Waals surface area contributed by atoms with Crippen molar-refractivity contribution in [3.05, 3.63) is 35.9 Å². The molecule has 1 unspecified atom stereocenters. The van der Waals surface area contributed by atoms with Gasteiger partial charge in [0, 0.05) is 11.7 Å². The topological polar surface area (TPSA) is 84.4 Å². The molecule has 0 saturated carbocycles. The van der Waals surface area contributed by atoms with Gasteiger partial charge in [0.25, 0.3) is 0 Å². The molecule has 0 aliphatic carbocycles. The molecular formula is C12H14N4OS3. The summed E-state index contributed by atoms with van der Waals surface area (Å²) in [5, 5.41) is 20.1. The summed E-state index contributed by atoms with van der Waals surface area (Å²) in [7, 11) is 0. The Hall–Kier alpha value is -1.25. The lowest BCUT2D eigenvalue weighted by Crippen LogP contribution is -2.14. The fourth-order valence-electron chi connectivity index (χ4n) is 1.58. The van der Waals surface area contributed by atoms with Crippen LogP contribution in [0.4, 0.5) is 0 Å². The van der Waals surface area contributed by atoms with E-state index >= 15 is 0 Å². The maximum atomic E-state index is 8.76. The molecule has 20 heavy (non-hydrogen) atoms. The van der Waals surface area contributed by atoms with Crippen molar-refractivity contribution >= 4 is 40.7 Å². The van der Waals surface area contributed by atoms with Crippen LogP contribution in [0.2, 0.25) is 0 Å². The third kappa shape index (κ3) is 4.12. The molecule has 1 aromatic heterocycles. The molecule has 0 saturated heterocycles. The molecule has 2 aromatic rings. The third-order valence-corrected chi connectivity index (χ3v) is 5.74. The highest BCUT2D eigenvalue weighted by atomic mass is 32.2. The molecule has 3 N–H and O–H groups in total. The smallest absolute Gasteiger partial charge is 0.175 e. The fourth-order valence-corrected chi connectivity index (χ4v) is 4.39. The van der Waals surface area contributed by atoms with Gasteiger partial charge in [0.1, 0.15) is 5.84 Å². The van der Waals surface area contributed by atoms with Crippen molar-refractivity contribution in [3.63, 3.8) is 0 Å². The average molecular weight is 326 g/mol. The molecule has 1 aromatic carbocycles. The summed E-state index contributed by atoms with van der Waals surface area (Å²) >= 11 is 4.71. The number of aromatic nitrogens is 2. The summed E-state index contributed by atoms with van der Waals surface area (Å²) < 4.78 is 1.82. The summed E-state index contributed by atoms with van der Waals surface area (Å²) in [5.41, 5.74) is 6.76. The number of rotatable bonds is 6. The van der Waals surface area contributed by atoms with Crippen LogP contribution >= 0.6 is 34.9 Å². The van der Waals surface area contributed by atoms with Crippen molar-refractivity contribution in [2.75, 3.05) is 6.26 Å². The molecule has 2 rings (SSSR count). The van der Waals surface area contributed by atoms with Crippen LogP contribution in [0.1, 0.15) is 17.2 Å². The van der Waals surface area contributed by atoms with E-state index in [0.29, 0.717) is 6.42 Å². The molecule has 0 bridgehead atoms. The minimum atomic E-state index is 0.0507. The lowest BCUT2D eigenvalue weighted by Gasteiger charge is -2.14. The van der Waals surface area contributed by atoms with E-state index in [9.17, 15) is 0 Å². The summed E-state index contributed by atoms with van der Waals surface area (Å²) in [4.78, 5) is 0. The van der Waals surface area contributed by atoms with E-state index in [2.05, 4.69) is 15.4 Å². The van der Waals surface area contributed by atoms with E-state index in [0.717, 1.165) is 14.2 Å². The fraction of sp³-hybridized carbons (Fsp3) is 0.250. The Morgan fingerprint density at radius 1 is 1.35 bits per heavy atom. The van der Waals surface area contributed by atoms with Crippen LogP contribution in [0.3, 0.4) is 0 Å². The van der Waals surface area contributed by atoms with Crippen molar-refractivity contribution in [1.29, 1.82) is 0 Å². The standard InChI is InChI=1S/C12H14N4OS3/c1-18-11-14-15-12(20-11)19-9(7-10(13)16-17)8-5-3-2-4-6-8/h2-6,9,17H,7H2,1H3,(H2,13,16). The lowest BCUT2D eigenvalue weighted by molar-refractivity contribution is 0.317. The minimum absolute atomic E-state index is 0.0507. The Bertz CT molecular complexity index is 573. The van der Waals surface area contributed by atoms with E-state index in [1.807, 2.05) is 36.6 Å². The second kappa shape index (κ2) is 7.51. The van der Waals surface area contributed by atoms with E-state index < -0.39 is 0 Å². The van der Waals surface area contributed by atoms with Crippen LogP contribution in [0.25, 0.3) is 0 Å². The average Bonchev–Trinajstić information content (AvgIpc) is 2.95. The highest BCUT2D eigenvalue weighted by Gasteiger charge is 2.18. The molecule has 1 heterocycles. The van der Waals surface area contributed by atoms with Gasteiger partial charge in [-0.1, -0.05) is 70.3 Å². The highest BCUT2D eigenvalue weighted by molar-refractivity contribution is 8.03. The lowest BCUT2D eigenvalue weighted by atomic mass is 10.1. The van der Waals surface area contributed by atoms with E-state index in [-0.39, 0.29) is 11.1 Å². The van der Waals surface area contributed by atoms with Crippen molar-refractivity contribution in [2.45, 2.75) is 20.4 Å². The molecule has 0 aliphatic rings. The second-order valence-electron chi connectivity index (χ2n) is 3.85. The molecule has 0 fully saturated rings. The first-order valence-corrected chi connectivity index (χ1v) is 8.70. The number of hydrogen-bond donors (Lipinski definition) is 2. The van der Waals surface area contributed by atoms with E-state index in [4.69, 9.17) is 10.9 Å². The Labute approximate surface area is 129 Å². The Morgan fingerprint density at radius 3 is 2.65 bits per heavy atom. The third-order valence-electron chi connectivity index (χ3n) is 2.50. The monoisotopic (exact) mass is 326 g/mol. The zero-order valence-corrected chi connectivity index (χ0v) is 13.2. The Balaban J connectivity index is 2.18. The maximum absolute atomic E-state index is 8.76. The van der Waals surface area contributed by atoms with Gasteiger partial charge in [-0.25, -0.2) is 0 Å². The molecule has 0 aliphatic heterocycles. The van der Waals surface area contributed by atoms with Gasteiger partial charge in [-0.15, -0.1) is 10.2 Å². The van der Waals surface area contributed by atoms with Crippen molar-refractivity contribution in [2.24, 2.45) is 10.9 Å². The second-order valence-corrected chi connectivity index (χ2v) is 7.33. The van der Waals surface area contributed by atoms with Gasteiger partial charge in [0.15, 0.2) is 8.68 Å². The molecule has 1 atom stereocenters. The number of oxime groups is 1. The summed E-state index contributed by atoms with van der Waals surface area (Å²) in [6.07, 6.45) is 2.43. The van der Waals surface area contributed by atoms with Crippen LogP contribution in [-0.2, 0) is 0 Å². The first-order valence-electron chi connectivity index (χ1n) is 5.78. The number of thioether (sulfide) groups is 2. The predicted octanol–water partition coefficient (Wildman–Crippen LogP) is 3.23. The van der Waals surface area contributed by atoms with Gasteiger partial charge in [-0.3, -0.25) is 0 Å². The predicted molar refractivity (Wildman–Crippen MR) is 84.8 cm³/mol. The van der Waals surface area contributed by atoms with Gasteiger partial charge in [-0.05, 0) is 11.8 Å². The molecular weight excluding hydrogens is 312 g/mol.